The molecule has 0 bridgehead atoms. The van der Waals surface area contributed by atoms with E-state index in [1.807, 2.05) is 11.3 Å². The van der Waals surface area contributed by atoms with Crippen molar-refractivity contribution < 1.29 is 0 Å². The molecule has 252 valence electrons. The minimum atomic E-state index is 0.934. The van der Waals surface area contributed by atoms with E-state index in [0.717, 1.165) is 33.8 Å². The molecule has 8 aromatic carbocycles. The Morgan fingerprint density at radius 1 is 0.370 bits per heavy atom. The molecule has 0 radical (unpaired) electrons. The number of hydrogen-bond acceptors (Lipinski definition) is 2. The molecule has 4 aromatic heterocycles. The lowest BCUT2D eigenvalue weighted by Crippen LogP contribution is -1.98. The first-order valence-corrected chi connectivity index (χ1v) is 19.1. The fraction of sp³-hybridized carbons (Fsp3) is 0. The highest BCUT2D eigenvalue weighted by molar-refractivity contribution is 7.26. The monoisotopic (exact) mass is 706 g/mol. The average molecular weight is 707 g/mol. The van der Waals surface area contributed by atoms with Gasteiger partial charge in [0.05, 0.1) is 33.1 Å². The summed E-state index contributed by atoms with van der Waals surface area (Å²) in [6, 6.07) is 65.7. The van der Waals surface area contributed by atoms with Crippen LogP contribution in [0.25, 0.3) is 103 Å². The van der Waals surface area contributed by atoms with Gasteiger partial charge in [0.25, 0.3) is 0 Å². The number of para-hydroxylation sites is 6. The van der Waals surface area contributed by atoms with Crippen molar-refractivity contribution in [1.82, 2.24) is 18.7 Å². The molecular formula is C49H30N4S. The minimum absolute atomic E-state index is 0.934. The quantitative estimate of drug-likeness (QED) is 0.179. The van der Waals surface area contributed by atoms with Gasteiger partial charge in [-0.05, 0) is 91.0 Å². The van der Waals surface area contributed by atoms with Crippen LogP contribution >= 0.6 is 11.3 Å². The number of fused-ring (bicyclic) bond motifs is 11. The van der Waals surface area contributed by atoms with Crippen LogP contribution in [0.15, 0.2) is 182 Å². The summed E-state index contributed by atoms with van der Waals surface area (Å²) in [5.41, 5.74) is 11.4. The molecule has 0 saturated carbocycles. The van der Waals surface area contributed by atoms with Crippen LogP contribution in [0.2, 0.25) is 0 Å². The normalized spacial score (nSPS) is 12.1. The first-order valence-electron chi connectivity index (χ1n) is 18.3. The molecule has 5 heteroatoms. The molecule has 0 saturated heterocycles. The predicted molar refractivity (Wildman–Crippen MR) is 228 cm³/mol. The van der Waals surface area contributed by atoms with Crippen molar-refractivity contribution in [3.05, 3.63) is 182 Å². The second-order valence-electron chi connectivity index (χ2n) is 14.0. The Balaban J connectivity index is 1.03. The Morgan fingerprint density at radius 3 is 1.69 bits per heavy atom. The number of thiophene rings is 1. The van der Waals surface area contributed by atoms with Crippen molar-refractivity contribution >= 4 is 86.2 Å². The van der Waals surface area contributed by atoms with Gasteiger partial charge in [-0.15, -0.1) is 11.3 Å². The van der Waals surface area contributed by atoms with E-state index in [9.17, 15) is 0 Å². The number of hydrogen-bond donors (Lipinski definition) is 0. The summed E-state index contributed by atoms with van der Waals surface area (Å²) in [6.45, 7) is 0. The van der Waals surface area contributed by atoms with Gasteiger partial charge in [0.15, 0.2) is 0 Å². The van der Waals surface area contributed by atoms with Crippen molar-refractivity contribution in [2.24, 2.45) is 0 Å². The van der Waals surface area contributed by atoms with Crippen LogP contribution in [0.4, 0.5) is 0 Å². The summed E-state index contributed by atoms with van der Waals surface area (Å²) in [4.78, 5) is 5.11. The van der Waals surface area contributed by atoms with E-state index in [-0.39, 0.29) is 0 Å². The lowest BCUT2D eigenvalue weighted by molar-refractivity contribution is 1.10. The third-order valence-corrected chi connectivity index (χ3v) is 12.3. The van der Waals surface area contributed by atoms with E-state index < -0.39 is 0 Å². The Kier molecular flexibility index (Phi) is 6.18. The highest BCUT2D eigenvalue weighted by Crippen LogP contribution is 2.44. The summed E-state index contributed by atoms with van der Waals surface area (Å²) in [5, 5.41) is 7.71. The van der Waals surface area contributed by atoms with E-state index in [1.165, 1.54) is 69.5 Å². The van der Waals surface area contributed by atoms with Crippen LogP contribution in [-0.2, 0) is 0 Å². The highest BCUT2D eigenvalue weighted by Gasteiger charge is 2.20. The van der Waals surface area contributed by atoms with Gasteiger partial charge in [0.1, 0.15) is 5.82 Å². The molecule has 4 heterocycles. The Labute approximate surface area is 314 Å². The van der Waals surface area contributed by atoms with Gasteiger partial charge in [-0.25, -0.2) is 4.98 Å². The van der Waals surface area contributed by atoms with E-state index in [4.69, 9.17) is 4.98 Å². The van der Waals surface area contributed by atoms with Crippen molar-refractivity contribution in [2.75, 3.05) is 0 Å². The molecule has 0 atom stereocenters. The van der Waals surface area contributed by atoms with Crippen LogP contribution in [0.1, 0.15) is 0 Å². The topological polar surface area (TPSA) is 27.7 Å². The first kappa shape index (κ1) is 29.6. The Bertz CT molecular complexity index is 3380. The summed E-state index contributed by atoms with van der Waals surface area (Å²) in [6.07, 6.45) is 0. The fourth-order valence-electron chi connectivity index (χ4n) is 8.71. The van der Waals surface area contributed by atoms with Gasteiger partial charge in [-0.2, -0.15) is 0 Å². The zero-order chi connectivity index (χ0) is 35.3. The number of nitrogens with zero attached hydrogens (tertiary/aromatic N) is 4. The van der Waals surface area contributed by atoms with Crippen molar-refractivity contribution in [3.63, 3.8) is 0 Å². The molecule has 0 aliphatic rings. The van der Waals surface area contributed by atoms with Gasteiger partial charge < -0.3 is 9.13 Å². The first-order chi connectivity index (χ1) is 26.8. The van der Waals surface area contributed by atoms with E-state index in [0.29, 0.717) is 0 Å². The van der Waals surface area contributed by atoms with Gasteiger partial charge >= 0.3 is 0 Å². The molecule has 0 amide bonds. The standard InChI is InChI=1S/C49H30N4S/c1-2-12-32(13-3-1)53-44-21-11-7-17-40(44)50-49(53)31-22-24-33(25-23-31)51-43-20-10-6-16-38(43)47-45(51)28-27-37-39-30-34(26-29-46(39)54-48(37)47)52-41-18-8-4-14-35(41)36-15-5-9-19-42(36)52/h1-30H. The fourth-order valence-corrected chi connectivity index (χ4v) is 9.95. The summed E-state index contributed by atoms with van der Waals surface area (Å²) >= 11 is 1.90. The molecule has 54 heavy (non-hydrogen) atoms. The second-order valence-corrected chi connectivity index (χ2v) is 15.0. The third kappa shape index (κ3) is 4.15. The smallest absolute Gasteiger partial charge is 0.145 e. The van der Waals surface area contributed by atoms with Gasteiger partial charge in [-0.3, -0.25) is 4.57 Å². The number of benzene rings is 8. The summed E-state index contributed by atoms with van der Waals surface area (Å²) in [5.74, 6) is 0.934. The third-order valence-electron chi connectivity index (χ3n) is 11.1. The van der Waals surface area contributed by atoms with Crippen LogP contribution in [0.3, 0.4) is 0 Å². The van der Waals surface area contributed by atoms with Crippen LogP contribution in [0.5, 0.6) is 0 Å². The molecule has 4 nitrogen and oxygen atoms in total. The lowest BCUT2D eigenvalue weighted by atomic mass is 10.1. The zero-order valence-corrected chi connectivity index (χ0v) is 29.8. The highest BCUT2D eigenvalue weighted by atomic mass is 32.1. The molecule has 0 aliphatic heterocycles. The van der Waals surface area contributed by atoms with Crippen molar-refractivity contribution in [1.29, 1.82) is 0 Å². The van der Waals surface area contributed by atoms with Crippen molar-refractivity contribution in [3.8, 4) is 28.5 Å². The predicted octanol–water partition coefficient (Wildman–Crippen LogP) is 13.3. The van der Waals surface area contributed by atoms with Gasteiger partial charge in [0.2, 0.25) is 0 Å². The number of aromatic nitrogens is 4. The Hall–Kier alpha value is -6.95. The largest absolute Gasteiger partial charge is 0.309 e. The van der Waals surface area contributed by atoms with Gasteiger partial charge in [-0.1, -0.05) is 91.0 Å². The minimum Gasteiger partial charge on any atom is -0.309 e. The van der Waals surface area contributed by atoms with Gasteiger partial charge in [0, 0.05) is 64.3 Å². The maximum Gasteiger partial charge on any atom is 0.145 e. The van der Waals surface area contributed by atoms with E-state index in [1.54, 1.807) is 0 Å². The maximum atomic E-state index is 5.11. The van der Waals surface area contributed by atoms with E-state index >= 15 is 0 Å². The molecule has 0 N–H and O–H groups in total. The number of imidazole rings is 1. The molecule has 0 aliphatic carbocycles. The zero-order valence-electron chi connectivity index (χ0n) is 29.0. The second kappa shape index (κ2) is 11.3. The molecular weight excluding hydrogens is 677 g/mol. The average Bonchev–Trinajstić information content (AvgIpc) is 3.99. The summed E-state index contributed by atoms with van der Waals surface area (Å²) in [7, 11) is 0. The SMILES string of the molecule is c1ccc(-n2c(-c3ccc(-n4c5ccccc5c5c6sc7ccc(-n8c9ccccc9c9ccccc98)cc7c6ccc54)cc3)nc3ccccc32)cc1. The van der Waals surface area contributed by atoms with Crippen LogP contribution in [-0.4, -0.2) is 18.7 Å². The van der Waals surface area contributed by atoms with Crippen LogP contribution in [0, 0.1) is 0 Å². The molecule has 12 rings (SSSR count). The van der Waals surface area contributed by atoms with E-state index in [2.05, 4.69) is 196 Å². The molecule has 0 fully saturated rings. The number of rotatable bonds is 4. The summed E-state index contributed by atoms with van der Waals surface area (Å²) < 4.78 is 9.71. The van der Waals surface area contributed by atoms with Crippen molar-refractivity contribution in [2.45, 2.75) is 0 Å². The molecule has 12 aromatic rings. The molecule has 0 unspecified atom stereocenters. The van der Waals surface area contributed by atoms with Crippen LogP contribution < -0.4 is 0 Å². The maximum absolute atomic E-state index is 5.11. The molecule has 0 spiro atoms. The lowest BCUT2D eigenvalue weighted by Gasteiger charge is -2.11. The Morgan fingerprint density at radius 2 is 0.944 bits per heavy atom.